The Hall–Kier alpha value is -3.14. The van der Waals surface area contributed by atoms with Gasteiger partial charge in [-0.1, -0.05) is 24.3 Å². The Morgan fingerprint density at radius 3 is 2.67 bits per heavy atom. The van der Waals surface area contributed by atoms with Crippen molar-refractivity contribution in [3.8, 4) is 17.2 Å². The molecule has 170 valence electrons. The van der Waals surface area contributed by atoms with Gasteiger partial charge in [0.05, 0.1) is 31.3 Å². The number of nitrogens with zero attached hydrogens (tertiary/aromatic N) is 1. The number of nitrogens with one attached hydrogen (secondary N) is 1. The van der Waals surface area contributed by atoms with Gasteiger partial charge in [0.2, 0.25) is 10.0 Å². The van der Waals surface area contributed by atoms with Crippen LogP contribution in [0.25, 0.3) is 10.2 Å². The maximum atomic E-state index is 13.5. The first kappa shape index (κ1) is 21.7. The van der Waals surface area contributed by atoms with Crippen LogP contribution in [0.2, 0.25) is 0 Å². The summed E-state index contributed by atoms with van der Waals surface area (Å²) < 4.78 is 46.8. The van der Waals surface area contributed by atoms with Gasteiger partial charge >= 0.3 is 0 Å². The van der Waals surface area contributed by atoms with Crippen LogP contribution >= 0.6 is 11.3 Å². The zero-order valence-corrected chi connectivity index (χ0v) is 19.5. The molecular weight excluding hydrogens is 460 g/mol. The SMILES string of the molecule is COc1ccccc1C(NS(=O)(=O)c1ccc2c(c1)OCCCO2)c1cc2cccnc2s1. The maximum Gasteiger partial charge on any atom is 0.241 e. The number of thiophene rings is 1. The van der Waals surface area contributed by atoms with Crippen molar-refractivity contribution in [1.29, 1.82) is 0 Å². The summed E-state index contributed by atoms with van der Waals surface area (Å²) in [6.45, 7) is 1.01. The van der Waals surface area contributed by atoms with E-state index in [4.69, 9.17) is 14.2 Å². The fourth-order valence-electron chi connectivity index (χ4n) is 3.75. The van der Waals surface area contributed by atoms with Crippen molar-refractivity contribution in [3.63, 3.8) is 0 Å². The standard InChI is InChI=1S/C24H22N2O5S2/c1-29-19-8-3-2-7-18(19)23(22-14-16-6-4-11-25-24(16)32-22)26-33(27,28)17-9-10-20-21(15-17)31-13-5-12-30-20/h2-4,6-11,14-15,23,26H,5,12-13H2,1H3. The summed E-state index contributed by atoms with van der Waals surface area (Å²) in [5.41, 5.74) is 0.712. The van der Waals surface area contributed by atoms with E-state index in [2.05, 4.69) is 9.71 Å². The van der Waals surface area contributed by atoms with Gasteiger partial charge in [0, 0.05) is 34.5 Å². The quantitative estimate of drug-likeness (QED) is 0.434. The Bertz CT molecular complexity index is 1370. The molecule has 0 amide bonds. The second kappa shape index (κ2) is 9.01. The van der Waals surface area contributed by atoms with Crippen molar-refractivity contribution in [3.05, 3.63) is 77.3 Å². The Kier molecular flexibility index (Phi) is 5.92. The van der Waals surface area contributed by atoms with Crippen LogP contribution in [-0.4, -0.2) is 33.7 Å². The van der Waals surface area contributed by atoms with Crippen LogP contribution in [0.15, 0.2) is 71.8 Å². The minimum Gasteiger partial charge on any atom is -0.496 e. The highest BCUT2D eigenvalue weighted by molar-refractivity contribution is 7.89. The first-order valence-electron chi connectivity index (χ1n) is 10.4. The molecule has 0 bridgehead atoms. The van der Waals surface area contributed by atoms with E-state index in [-0.39, 0.29) is 4.90 Å². The monoisotopic (exact) mass is 482 g/mol. The van der Waals surface area contributed by atoms with Crippen LogP contribution in [-0.2, 0) is 10.0 Å². The van der Waals surface area contributed by atoms with E-state index in [1.54, 1.807) is 19.4 Å². The predicted octanol–water partition coefficient (Wildman–Crippen LogP) is 4.53. The fourth-order valence-corrected chi connectivity index (χ4v) is 6.10. The molecule has 0 saturated carbocycles. The van der Waals surface area contributed by atoms with E-state index < -0.39 is 16.1 Å². The molecule has 1 unspecified atom stereocenters. The van der Waals surface area contributed by atoms with E-state index in [1.807, 2.05) is 42.5 Å². The largest absolute Gasteiger partial charge is 0.496 e. The minimum atomic E-state index is -3.92. The van der Waals surface area contributed by atoms with E-state index in [0.29, 0.717) is 36.0 Å². The smallest absolute Gasteiger partial charge is 0.241 e. The fraction of sp³-hybridized carbons (Fsp3) is 0.208. The summed E-state index contributed by atoms with van der Waals surface area (Å²) in [6, 6.07) is 17.2. The van der Waals surface area contributed by atoms with Crippen LogP contribution in [0.3, 0.4) is 0 Å². The number of methoxy groups -OCH3 is 1. The third-order valence-electron chi connectivity index (χ3n) is 5.35. The Morgan fingerprint density at radius 1 is 1.03 bits per heavy atom. The lowest BCUT2D eigenvalue weighted by atomic mass is 10.0. The maximum absolute atomic E-state index is 13.5. The van der Waals surface area contributed by atoms with Crippen molar-refractivity contribution in [1.82, 2.24) is 9.71 Å². The zero-order valence-electron chi connectivity index (χ0n) is 17.9. The normalized spacial score (nSPS) is 14.6. The number of rotatable bonds is 6. The molecule has 9 heteroatoms. The zero-order chi connectivity index (χ0) is 22.8. The van der Waals surface area contributed by atoms with Crippen LogP contribution < -0.4 is 18.9 Å². The number of sulfonamides is 1. The van der Waals surface area contributed by atoms with Gasteiger partial charge in [0.15, 0.2) is 11.5 Å². The molecule has 7 nitrogen and oxygen atoms in total. The van der Waals surface area contributed by atoms with Crippen LogP contribution in [0.1, 0.15) is 22.9 Å². The highest BCUT2D eigenvalue weighted by Gasteiger charge is 2.28. The molecule has 0 spiro atoms. The van der Waals surface area contributed by atoms with E-state index >= 15 is 0 Å². The molecule has 4 aromatic rings. The minimum absolute atomic E-state index is 0.103. The Morgan fingerprint density at radius 2 is 1.85 bits per heavy atom. The number of para-hydroxylation sites is 1. The van der Waals surface area contributed by atoms with Gasteiger partial charge in [-0.25, -0.2) is 13.4 Å². The average Bonchev–Trinajstić information content (AvgIpc) is 3.12. The molecule has 0 saturated heterocycles. The summed E-state index contributed by atoms with van der Waals surface area (Å²) in [7, 11) is -2.35. The van der Waals surface area contributed by atoms with Crippen LogP contribution in [0.5, 0.6) is 17.2 Å². The highest BCUT2D eigenvalue weighted by atomic mass is 32.2. The molecule has 0 fully saturated rings. The summed E-state index contributed by atoms with van der Waals surface area (Å²) >= 11 is 1.44. The summed E-state index contributed by atoms with van der Waals surface area (Å²) in [5, 5.41) is 0.951. The van der Waals surface area contributed by atoms with Gasteiger partial charge in [-0.3, -0.25) is 0 Å². The van der Waals surface area contributed by atoms with Gasteiger partial charge in [-0.2, -0.15) is 4.72 Å². The molecule has 1 aliphatic rings. The van der Waals surface area contributed by atoms with Gasteiger partial charge in [-0.15, -0.1) is 11.3 Å². The molecule has 2 aromatic heterocycles. The van der Waals surface area contributed by atoms with Crippen molar-refractivity contribution in [2.45, 2.75) is 17.4 Å². The van der Waals surface area contributed by atoms with Crippen LogP contribution in [0.4, 0.5) is 0 Å². The first-order valence-corrected chi connectivity index (χ1v) is 12.7. The van der Waals surface area contributed by atoms with Gasteiger partial charge in [-0.05, 0) is 30.3 Å². The van der Waals surface area contributed by atoms with Crippen molar-refractivity contribution in [2.75, 3.05) is 20.3 Å². The second-order valence-corrected chi connectivity index (χ2v) is 10.3. The summed E-state index contributed by atoms with van der Waals surface area (Å²) in [6.07, 6.45) is 2.47. The van der Waals surface area contributed by atoms with E-state index in [1.165, 1.54) is 23.5 Å². The molecule has 1 N–H and O–H groups in total. The molecule has 1 aliphatic heterocycles. The third-order valence-corrected chi connectivity index (χ3v) is 7.89. The number of ether oxygens (including phenoxy) is 3. The van der Waals surface area contributed by atoms with Crippen molar-refractivity contribution in [2.24, 2.45) is 0 Å². The number of pyridine rings is 1. The number of hydrogen-bond acceptors (Lipinski definition) is 7. The predicted molar refractivity (Wildman–Crippen MR) is 127 cm³/mol. The lowest BCUT2D eigenvalue weighted by Gasteiger charge is -2.20. The molecule has 1 atom stereocenters. The Labute approximate surface area is 196 Å². The summed E-state index contributed by atoms with van der Waals surface area (Å²) in [5.74, 6) is 1.56. The lowest BCUT2D eigenvalue weighted by molar-refractivity contribution is 0.297. The Balaban J connectivity index is 1.57. The highest BCUT2D eigenvalue weighted by Crippen LogP contribution is 2.38. The molecule has 2 aromatic carbocycles. The van der Waals surface area contributed by atoms with Crippen molar-refractivity contribution < 1.29 is 22.6 Å². The number of aromatic nitrogens is 1. The number of hydrogen-bond donors (Lipinski definition) is 1. The van der Waals surface area contributed by atoms with Gasteiger partial charge in [0.25, 0.3) is 0 Å². The molecule has 33 heavy (non-hydrogen) atoms. The van der Waals surface area contributed by atoms with Crippen LogP contribution in [0, 0.1) is 0 Å². The molecular formula is C24H22N2O5S2. The summed E-state index contributed by atoms with van der Waals surface area (Å²) in [4.78, 5) is 6.16. The molecule has 3 heterocycles. The average molecular weight is 483 g/mol. The van der Waals surface area contributed by atoms with Gasteiger partial charge < -0.3 is 14.2 Å². The first-order chi connectivity index (χ1) is 16.0. The van der Waals surface area contributed by atoms with E-state index in [9.17, 15) is 8.42 Å². The topological polar surface area (TPSA) is 86.8 Å². The molecule has 5 rings (SSSR count). The van der Waals surface area contributed by atoms with Gasteiger partial charge in [0.1, 0.15) is 10.6 Å². The lowest BCUT2D eigenvalue weighted by Crippen LogP contribution is -2.29. The van der Waals surface area contributed by atoms with Crippen molar-refractivity contribution >= 4 is 31.6 Å². The number of benzene rings is 2. The third kappa shape index (κ3) is 4.39. The van der Waals surface area contributed by atoms with E-state index in [0.717, 1.165) is 21.5 Å². The second-order valence-electron chi connectivity index (χ2n) is 7.50. The molecule has 0 radical (unpaired) electrons. The molecule has 0 aliphatic carbocycles. The number of fused-ring (bicyclic) bond motifs is 2.